The van der Waals surface area contributed by atoms with Gasteiger partial charge in [-0.2, -0.15) is 0 Å². The third-order valence-corrected chi connectivity index (χ3v) is 6.28. The summed E-state index contributed by atoms with van der Waals surface area (Å²) in [5.74, 6) is 0.120. The molecule has 0 aliphatic heterocycles. The number of rotatable bonds is 4. The van der Waals surface area contributed by atoms with Crippen LogP contribution in [0, 0.1) is 0 Å². The Labute approximate surface area is 153 Å². The van der Waals surface area contributed by atoms with Crippen LogP contribution in [0.4, 0.5) is 5.69 Å². The molecule has 1 aromatic carbocycles. The van der Waals surface area contributed by atoms with Gasteiger partial charge in [-0.15, -0.1) is 11.3 Å². The molecule has 1 amide bonds. The molecular formula is C18H17N3O2S2. The molecule has 0 unspecified atom stereocenters. The van der Waals surface area contributed by atoms with Crippen LogP contribution in [0.2, 0.25) is 0 Å². The molecule has 7 heteroatoms. The fourth-order valence-corrected chi connectivity index (χ4v) is 4.65. The summed E-state index contributed by atoms with van der Waals surface area (Å²) >= 11 is 2.66. The number of fused-ring (bicyclic) bond motifs is 2. The maximum atomic E-state index is 12.3. The smallest absolute Gasteiger partial charge is 0.271 e. The highest BCUT2D eigenvalue weighted by atomic mass is 32.2. The number of thioether (sulfide) groups is 1. The zero-order valence-corrected chi connectivity index (χ0v) is 15.4. The summed E-state index contributed by atoms with van der Waals surface area (Å²) in [6, 6.07) is 7.95. The molecule has 25 heavy (non-hydrogen) atoms. The summed E-state index contributed by atoms with van der Waals surface area (Å²) in [7, 11) is 1.69. The van der Waals surface area contributed by atoms with Gasteiger partial charge in [0.05, 0.1) is 11.3 Å². The number of aryl methyl sites for hydroxylation is 2. The van der Waals surface area contributed by atoms with Crippen LogP contribution in [-0.4, -0.2) is 21.2 Å². The van der Waals surface area contributed by atoms with Gasteiger partial charge in [0.25, 0.3) is 5.56 Å². The highest BCUT2D eigenvalue weighted by molar-refractivity contribution is 7.99. The standard InChI is InChI=1S/C18H17N3O2S2/c1-21-17(23)16-14(7-8-24-16)20-18(21)25-10-15(22)19-13-6-5-11-3-2-4-12(11)9-13/h5-9H,2-4,10H2,1H3,(H,19,22). The van der Waals surface area contributed by atoms with Crippen LogP contribution in [-0.2, 0) is 24.7 Å². The maximum absolute atomic E-state index is 12.3. The summed E-state index contributed by atoms with van der Waals surface area (Å²) in [5, 5.41) is 5.35. The maximum Gasteiger partial charge on any atom is 0.271 e. The Bertz CT molecular complexity index is 1020. The van der Waals surface area contributed by atoms with Gasteiger partial charge in [0.15, 0.2) is 5.16 Å². The first-order valence-electron chi connectivity index (χ1n) is 8.10. The van der Waals surface area contributed by atoms with E-state index in [1.807, 2.05) is 17.5 Å². The topological polar surface area (TPSA) is 64.0 Å². The molecule has 3 aromatic rings. The Kier molecular flexibility index (Phi) is 4.35. The number of benzene rings is 1. The molecule has 0 saturated heterocycles. The minimum absolute atomic E-state index is 0.0680. The van der Waals surface area contributed by atoms with Crippen LogP contribution < -0.4 is 10.9 Å². The van der Waals surface area contributed by atoms with E-state index in [-0.39, 0.29) is 17.2 Å². The second-order valence-corrected chi connectivity index (χ2v) is 7.93. The summed E-state index contributed by atoms with van der Waals surface area (Å²) in [4.78, 5) is 29.0. The molecule has 128 valence electrons. The first kappa shape index (κ1) is 16.4. The summed E-state index contributed by atoms with van der Waals surface area (Å²) in [6.07, 6.45) is 3.40. The Balaban J connectivity index is 1.45. The molecule has 0 atom stereocenters. The highest BCUT2D eigenvalue weighted by Gasteiger charge is 2.14. The van der Waals surface area contributed by atoms with Gasteiger partial charge >= 0.3 is 0 Å². The second-order valence-electron chi connectivity index (χ2n) is 6.07. The Hall–Kier alpha value is -2.12. The van der Waals surface area contributed by atoms with E-state index >= 15 is 0 Å². The fourth-order valence-electron chi connectivity index (χ4n) is 3.07. The van der Waals surface area contributed by atoms with E-state index in [4.69, 9.17) is 0 Å². The quantitative estimate of drug-likeness (QED) is 0.565. The third kappa shape index (κ3) is 3.21. The van der Waals surface area contributed by atoms with Gasteiger partial charge in [-0.05, 0) is 54.0 Å². The van der Waals surface area contributed by atoms with Crippen molar-refractivity contribution in [2.45, 2.75) is 24.4 Å². The fraction of sp³-hybridized carbons (Fsp3) is 0.278. The van der Waals surface area contributed by atoms with Crippen LogP contribution in [0.1, 0.15) is 17.5 Å². The number of carbonyl (C=O) groups excluding carboxylic acids is 1. The monoisotopic (exact) mass is 371 g/mol. The SMILES string of the molecule is Cn1c(SCC(=O)Nc2ccc3c(c2)CCC3)nc2ccsc2c1=O. The van der Waals surface area contributed by atoms with E-state index < -0.39 is 0 Å². The molecule has 0 radical (unpaired) electrons. The molecule has 0 bridgehead atoms. The Morgan fingerprint density at radius 1 is 1.32 bits per heavy atom. The van der Waals surface area contributed by atoms with E-state index in [9.17, 15) is 9.59 Å². The second kappa shape index (κ2) is 6.65. The van der Waals surface area contributed by atoms with Gasteiger partial charge in [-0.3, -0.25) is 14.2 Å². The molecule has 1 aliphatic carbocycles. The Morgan fingerprint density at radius 3 is 3.04 bits per heavy atom. The minimum atomic E-state index is -0.0948. The predicted molar refractivity (Wildman–Crippen MR) is 103 cm³/mol. The molecule has 1 N–H and O–H groups in total. The molecular weight excluding hydrogens is 354 g/mol. The van der Waals surface area contributed by atoms with Crippen LogP contribution in [0.3, 0.4) is 0 Å². The molecule has 2 aromatic heterocycles. The van der Waals surface area contributed by atoms with E-state index in [1.165, 1.54) is 45.2 Å². The summed E-state index contributed by atoms with van der Waals surface area (Å²) < 4.78 is 2.15. The molecule has 4 rings (SSSR count). The first-order valence-corrected chi connectivity index (χ1v) is 9.97. The number of hydrogen-bond acceptors (Lipinski definition) is 5. The normalized spacial score (nSPS) is 13.2. The number of aromatic nitrogens is 2. The van der Waals surface area contributed by atoms with E-state index in [0.717, 1.165) is 18.5 Å². The first-order chi connectivity index (χ1) is 12.1. The summed E-state index contributed by atoms with van der Waals surface area (Å²) in [6.45, 7) is 0. The van der Waals surface area contributed by atoms with Gasteiger partial charge < -0.3 is 5.32 Å². The predicted octanol–water partition coefficient (Wildman–Crippen LogP) is 3.21. The Morgan fingerprint density at radius 2 is 2.16 bits per heavy atom. The van der Waals surface area contributed by atoms with Gasteiger partial charge in [0.2, 0.25) is 5.91 Å². The number of nitrogens with one attached hydrogen (secondary N) is 1. The van der Waals surface area contributed by atoms with Crippen LogP contribution in [0.25, 0.3) is 10.2 Å². The van der Waals surface area contributed by atoms with E-state index in [1.54, 1.807) is 7.05 Å². The van der Waals surface area contributed by atoms with Crippen molar-refractivity contribution in [3.05, 3.63) is 51.1 Å². The molecule has 0 spiro atoms. The van der Waals surface area contributed by atoms with Gasteiger partial charge in [0.1, 0.15) is 4.70 Å². The minimum Gasteiger partial charge on any atom is -0.325 e. The number of anilines is 1. The van der Waals surface area contributed by atoms with Gasteiger partial charge in [0, 0.05) is 12.7 Å². The third-order valence-electron chi connectivity index (χ3n) is 4.36. The van der Waals surface area contributed by atoms with Crippen LogP contribution in [0.5, 0.6) is 0 Å². The number of carbonyl (C=O) groups is 1. The van der Waals surface area contributed by atoms with Crippen molar-refractivity contribution in [2.24, 2.45) is 7.05 Å². The molecule has 0 fully saturated rings. The lowest BCUT2D eigenvalue weighted by molar-refractivity contribution is -0.113. The average Bonchev–Trinajstić information content (AvgIpc) is 3.25. The zero-order chi connectivity index (χ0) is 17.4. The van der Waals surface area contributed by atoms with Crippen molar-refractivity contribution in [2.75, 3.05) is 11.1 Å². The summed E-state index contributed by atoms with van der Waals surface area (Å²) in [5.41, 5.74) is 4.17. The lowest BCUT2D eigenvalue weighted by Crippen LogP contribution is -2.20. The lowest BCUT2D eigenvalue weighted by Gasteiger charge is -2.09. The van der Waals surface area contributed by atoms with Crippen molar-refractivity contribution in [1.82, 2.24) is 9.55 Å². The van der Waals surface area contributed by atoms with Crippen molar-refractivity contribution in [1.29, 1.82) is 0 Å². The highest BCUT2D eigenvalue weighted by Crippen LogP contribution is 2.25. The molecule has 2 heterocycles. The average molecular weight is 371 g/mol. The number of thiophene rings is 1. The largest absolute Gasteiger partial charge is 0.325 e. The van der Waals surface area contributed by atoms with Crippen LogP contribution in [0.15, 0.2) is 39.6 Å². The number of nitrogens with zero attached hydrogens (tertiary/aromatic N) is 2. The van der Waals surface area contributed by atoms with E-state index in [2.05, 4.69) is 22.4 Å². The van der Waals surface area contributed by atoms with Gasteiger partial charge in [-0.25, -0.2) is 4.98 Å². The van der Waals surface area contributed by atoms with Gasteiger partial charge in [-0.1, -0.05) is 17.8 Å². The molecule has 5 nitrogen and oxygen atoms in total. The lowest BCUT2D eigenvalue weighted by atomic mass is 10.1. The van der Waals surface area contributed by atoms with Crippen molar-refractivity contribution in [3.63, 3.8) is 0 Å². The molecule has 1 aliphatic rings. The van der Waals surface area contributed by atoms with Crippen molar-refractivity contribution < 1.29 is 4.79 Å². The van der Waals surface area contributed by atoms with E-state index in [0.29, 0.717) is 15.4 Å². The van der Waals surface area contributed by atoms with Crippen molar-refractivity contribution in [3.8, 4) is 0 Å². The number of hydrogen-bond donors (Lipinski definition) is 1. The van der Waals surface area contributed by atoms with Crippen molar-refractivity contribution >= 4 is 44.9 Å². The number of amides is 1. The zero-order valence-electron chi connectivity index (χ0n) is 13.7. The van der Waals surface area contributed by atoms with Crippen LogP contribution >= 0.6 is 23.1 Å². The molecule has 0 saturated carbocycles.